The lowest BCUT2D eigenvalue weighted by Crippen LogP contribution is -2.25. The fraction of sp³-hybridized carbons (Fsp3) is 0.438. The van der Waals surface area contributed by atoms with Crippen molar-refractivity contribution in [3.63, 3.8) is 0 Å². The Bertz CT molecular complexity index is 534. The van der Waals surface area contributed by atoms with Gasteiger partial charge >= 0.3 is 5.97 Å². The lowest BCUT2D eigenvalue weighted by Gasteiger charge is -2.09. The van der Waals surface area contributed by atoms with E-state index in [1.54, 1.807) is 6.07 Å². The Kier molecular flexibility index (Phi) is 5.49. The minimum absolute atomic E-state index is 0.161. The minimum atomic E-state index is -1.03. The predicted octanol–water partition coefficient (Wildman–Crippen LogP) is 2.49. The van der Waals surface area contributed by atoms with E-state index in [1.165, 1.54) is 44.2 Å². The van der Waals surface area contributed by atoms with Gasteiger partial charge in [-0.15, -0.1) is 0 Å². The smallest absolute Gasteiger partial charge is 0.328 e. The quantitative estimate of drug-likeness (QED) is 0.788. The minimum Gasteiger partial charge on any atom is -0.478 e. The van der Waals surface area contributed by atoms with Crippen LogP contribution in [0.15, 0.2) is 24.5 Å². The lowest BCUT2D eigenvalue weighted by atomic mass is 10.0. The molecule has 1 aromatic heterocycles. The number of nitrogens with zero attached hydrogens (tertiary/aromatic N) is 1. The molecule has 1 amide bonds. The van der Waals surface area contributed by atoms with Gasteiger partial charge < -0.3 is 10.4 Å². The number of carbonyl (C=O) groups is 2. The molecule has 1 heterocycles. The van der Waals surface area contributed by atoms with E-state index in [-0.39, 0.29) is 5.91 Å². The summed E-state index contributed by atoms with van der Waals surface area (Å²) in [5.41, 5.74) is 1.05. The van der Waals surface area contributed by atoms with Crippen LogP contribution in [0.2, 0.25) is 0 Å². The van der Waals surface area contributed by atoms with Crippen molar-refractivity contribution in [2.75, 3.05) is 6.54 Å². The molecule has 1 aromatic rings. The SMILES string of the molecule is O=C(O)C=Cc1cncc(C(=O)NCCC2CCCC2)c1. The molecule has 0 aliphatic heterocycles. The molecule has 112 valence electrons. The number of rotatable bonds is 6. The molecule has 0 atom stereocenters. The van der Waals surface area contributed by atoms with Gasteiger partial charge in [0.15, 0.2) is 0 Å². The number of hydrogen-bond acceptors (Lipinski definition) is 3. The lowest BCUT2D eigenvalue weighted by molar-refractivity contribution is -0.131. The first-order valence-corrected chi connectivity index (χ1v) is 7.29. The van der Waals surface area contributed by atoms with Crippen LogP contribution < -0.4 is 5.32 Å². The fourth-order valence-corrected chi connectivity index (χ4v) is 2.63. The fourth-order valence-electron chi connectivity index (χ4n) is 2.63. The molecule has 0 radical (unpaired) electrons. The Morgan fingerprint density at radius 1 is 1.33 bits per heavy atom. The Morgan fingerprint density at radius 3 is 2.81 bits per heavy atom. The van der Waals surface area contributed by atoms with Crippen LogP contribution in [0.25, 0.3) is 6.08 Å². The monoisotopic (exact) mass is 288 g/mol. The molecular formula is C16H20N2O3. The Hall–Kier alpha value is -2.17. The molecule has 5 heteroatoms. The van der Waals surface area contributed by atoms with Gasteiger partial charge in [-0.3, -0.25) is 9.78 Å². The van der Waals surface area contributed by atoms with Gasteiger partial charge in [-0.2, -0.15) is 0 Å². The van der Waals surface area contributed by atoms with Crippen LogP contribution in [-0.2, 0) is 4.79 Å². The van der Waals surface area contributed by atoms with Gasteiger partial charge in [0.2, 0.25) is 0 Å². The van der Waals surface area contributed by atoms with Gasteiger partial charge in [0, 0.05) is 25.0 Å². The molecule has 1 aliphatic carbocycles. The maximum absolute atomic E-state index is 12.0. The molecule has 1 aliphatic rings. The van der Waals surface area contributed by atoms with Crippen LogP contribution in [0.4, 0.5) is 0 Å². The summed E-state index contributed by atoms with van der Waals surface area (Å²) in [6, 6.07) is 1.64. The van der Waals surface area contributed by atoms with Crippen LogP contribution in [-0.4, -0.2) is 28.5 Å². The second kappa shape index (κ2) is 7.57. The zero-order valence-corrected chi connectivity index (χ0v) is 11.9. The van der Waals surface area contributed by atoms with Gasteiger partial charge in [-0.25, -0.2) is 4.79 Å². The molecule has 2 rings (SSSR count). The molecule has 1 saturated carbocycles. The number of carbonyl (C=O) groups excluding carboxylic acids is 1. The van der Waals surface area contributed by atoms with Gasteiger partial charge in [0.05, 0.1) is 5.56 Å². The Labute approximate surface area is 124 Å². The first kappa shape index (κ1) is 15.2. The number of amides is 1. The molecule has 2 N–H and O–H groups in total. The number of hydrogen-bond donors (Lipinski definition) is 2. The summed E-state index contributed by atoms with van der Waals surface area (Å²) < 4.78 is 0. The van der Waals surface area contributed by atoms with Crippen molar-refractivity contribution < 1.29 is 14.7 Å². The van der Waals surface area contributed by atoms with E-state index in [0.717, 1.165) is 18.4 Å². The van der Waals surface area contributed by atoms with Crippen molar-refractivity contribution in [1.82, 2.24) is 10.3 Å². The van der Waals surface area contributed by atoms with Crippen LogP contribution >= 0.6 is 0 Å². The molecule has 0 saturated heterocycles. The Morgan fingerprint density at radius 2 is 2.10 bits per heavy atom. The highest BCUT2D eigenvalue weighted by atomic mass is 16.4. The standard InChI is InChI=1S/C16H20N2O3/c19-15(20)6-5-13-9-14(11-17-10-13)16(21)18-8-7-12-3-1-2-4-12/h5-6,9-12H,1-4,7-8H2,(H,18,21)(H,19,20). The number of aromatic nitrogens is 1. The second-order valence-corrected chi connectivity index (χ2v) is 5.37. The molecule has 0 bridgehead atoms. The van der Waals surface area contributed by atoms with Crippen LogP contribution in [0.5, 0.6) is 0 Å². The maximum atomic E-state index is 12.0. The van der Waals surface area contributed by atoms with Gasteiger partial charge in [0.25, 0.3) is 5.91 Å². The highest BCUT2D eigenvalue weighted by Crippen LogP contribution is 2.26. The molecule has 1 fully saturated rings. The normalized spacial score (nSPS) is 15.4. The summed E-state index contributed by atoms with van der Waals surface area (Å²) in [5.74, 6) is -0.444. The molecule has 0 unspecified atom stereocenters. The average Bonchev–Trinajstić information content (AvgIpc) is 2.98. The summed E-state index contributed by atoms with van der Waals surface area (Å²) in [4.78, 5) is 26.5. The number of pyridine rings is 1. The number of nitrogens with one attached hydrogen (secondary N) is 1. The topological polar surface area (TPSA) is 79.3 Å². The zero-order chi connectivity index (χ0) is 15.1. The van der Waals surface area contributed by atoms with Crippen molar-refractivity contribution in [1.29, 1.82) is 0 Å². The molecule has 21 heavy (non-hydrogen) atoms. The first-order valence-electron chi connectivity index (χ1n) is 7.29. The number of carboxylic acid groups (broad SMARTS) is 1. The number of carboxylic acids is 1. The summed E-state index contributed by atoms with van der Waals surface area (Å²) in [6.45, 7) is 0.679. The summed E-state index contributed by atoms with van der Waals surface area (Å²) in [6.07, 6.45) is 11.6. The first-order chi connectivity index (χ1) is 10.1. The van der Waals surface area contributed by atoms with Crippen molar-refractivity contribution >= 4 is 18.0 Å². The van der Waals surface area contributed by atoms with E-state index in [9.17, 15) is 9.59 Å². The van der Waals surface area contributed by atoms with Crippen molar-refractivity contribution in [2.24, 2.45) is 5.92 Å². The van der Waals surface area contributed by atoms with Crippen LogP contribution in [0.1, 0.15) is 48.0 Å². The largest absolute Gasteiger partial charge is 0.478 e. The van der Waals surface area contributed by atoms with Crippen molar-refractivity contribution in [2.45, 2.75) is 32.1 Å². The molecule has 5 nitrogen and oxygen atoms in total. The van der Waals surface area contributed by atoms with Gasteiger partial charge in [-0.1, -0.05) is 25.7 Å². The number of aliphatic carboxylic acids is 1. The zero-order valence-electron chi connectivity index (χ0n) is 11.9. The second-order valence-electron chi connectivity index (χ2n) is 5.37. The van der Waals surface area contributed by atoms with Crippen molar-refractivity contribution in [3.8, 4) is 0 Å². The van der Waals surface area contributed by atoms with Crippen LogP contribution in [0, 0.1) is 5.92 Å². The van der Waals surface area contributed by atoms with Crippen LogP contribution in [0.3, 0.4) is 0 Å². The van der Waals surface area contributed by atoms with Gasteiger partial charge in [-0.05, 0) is 30.0 Å². The molecule has 0 aromatic carbocycles. The van der Waals surface area contributed by atoms with E-state index in [0.29, 0.717) is 17.7 Å². The van der Waals surface area contributed by atoms with E-state index < -0.39 is 5.97 Å². The molecule has 0 spiro atoms. The van der Waals surface area contributed by atoms with Crippen molar-refractivity contribution in [3.05, 3.63) is 35.7 Å². The van der Waals surface area contributed by atoms with E-state index in [4.69, 9.17) is 5.11 Å². The highest BCUT2D eigenvalue weighted by Gasteiger charge is 2.15. The highest BCUT2D eigenvalue weighted by molar-refractivity contribution is 5.94. The third-order valence-electron chi connectivity index (χ3n) is 3.75. The third kappa shape index (κ3) is 5.02. The van der Waals surface area contributed by atoms with E-state index >= 15 is 0 Å². The third-order valence-corrected chi connectivity index (χ3v) is 3.75. The van der Waals surface area contributed by atoms with E-state index in [1.807, 2.05) is 0 Å². The molecular weight excluding hydrogens is 268 g/mol. The van der Waals surface area contributed by atoms with Gasteiger partial charge in [0.1, 0.15) is 0 Å². The Balaban J connectivity index is 1.86. The van der Waals surface area contributed by atoms with E-state index in [2.05, 4.69) is 10.3 Å². The average molecular weight is 288 g/mol. The summed E-state index contributed by atoms with van der Waals surface area (Å²) in [5, 5.41) is 11.5. The maximum Gasteiger partial charge on any atom is 0.328 e. The summed E-state index contributed by atoms with van der Waals surface area (Å²) in [7, 11) is 0. The summed E-state index contributed by atoms with van der Waals surface area (Å²) >= 11 is 0. The predicted molar refractivity (Wildman–Crippen MR) is 79.8 cm³/mol.